The molecule has 210 valence electrons. The Morgan fingerprint density at radius 2 is 1.74 bits per heavy atom. The van der Waals surface area contributed by atoms with Crippen LogP contribution in [0.2, 0.25) is 5.02 Å². The fourth-order valence-corrected chi connectivity index (χ4v) is 6.20. The molecule has 1 saturated carbocycles. The van der Waals surface area contributed by atoms with E-state index in [0.29, 0.717) is 17.2 Å². The number of aromatic nitrogens is 1. The van der Waals surface area contributed by atoms with Gasteiger partial charge in [-0.15, -0.1) is 24.8 Å². The van der Waals surface area contributed by atoms with Gasteiger partial charge in [-0.1, -0.05) is 31.5 Å². The Morgan fingerprint density at radius 1 is 1.08 bits per heavy atom. The Balaban J connectivity index is 0.00000253. The largest absolute Gasteiger partial charge is 0.503 e. The summed E-state index contributed by atoms with van der Waals surface area (Å²) in [7, 11) is -2.05. The van der Waals surface area contributed by atoms with Crippen molar-refractivity contribution < 1.29 is 18.3 Å². The number of nitrogens with one attached hydrogen (secondary N) is 1. The van der Waals surface area contributed by atoms with Gasteiger partial charge in [-0.2, -0.15) is 0 Å². The smallest absolute Gasteiger partial charge is 0.179 e. The number of fused-ring (bicyclic) bond motifs is 1. The molecule has 0 amide bonds. The van der Waals surface area contributed by atoms with E-state index in [1.165, 1.54) is 19.6 Å². The molecule has 2 aromatic carbocycles. The SMILES string of the molecule is CCN(CC)C1CCC(Nc2c(S(C)(=O)=O)cnc3ccc(-c4cc(Cl)c(O)c(OC)c4)cc23)CC1.Cl.Cl. The van der Waals surface area contributed by atoms with Gasteiger partial charge in [-0.25, -0.2) is 8.42 Å². The first-order valence-electron chi connectivity index (χ1n) is 12.4. The maximum absolute atomic E-state index is 12.7. The van der Waals surface area contributed by atoms with Crippen LogP contribution in [0.4, 0.5) is 5.69 Å². The summed E-state index contributed by atoms with van der Waals surface area (Å²) in [6.45, 7) is 6.48. The van der Waals surface area contributed by atoms with Crippen molar-refractivity contribution in [2.75, 3.05) is 31.8 Å². The van der Waals surface area contributed by atoms with Crippen LogP contribution in [0, 0.1) is 0 Å². The van der Waals surface area contributed by atoms with Gasteiger partial charge in [-0.05, 0) is 74.2 Å². The predicted octanol–water partition coefficient (Wildman–Crippen LogP) is 6.58. The van der Waals surface area contributed by atoms with Crippen molar-refractivity contribution in [3.63, 3.8) is 0 Å². The van der Waals surface area contributed by atoms with Crippen LogP contribution in [-0.4, -0.2) is 61.9 Å². The Morgan fingerprint density at radius 3 is 2.32 bits per heavy atom. The molecule has 0 spiro atoms. The van der Waals surface area contributed by atoms with E-state index in [-0.39, 0.29) is 52.3 Å². The molecule has 11 heteroatoms. The molecule has 38 heavy (non-hydrogen) atoms. The fourth-order valence-electron chi connectivity index (χ4n) is 5.21. The zero-order chi connectivity index (χ0) is 26.0. The standard InChI is InChI=1S/C27H34ClN3O4S.2ClH/c1-5-31(6-2)20-10-8-19(9-11-20)30-26-21-13-17(18-14-22(28)27(32)24(15-18)35-3)7-12-23(21)29-16-25(26)36(4,33)34;;/h7,12-16,19-20,32H,5-6,8-11H2,1-4H3,(H,29,30);2*1H. The number of methoxy groups -OCH3 is 1. The molecule has 3 aromatic rings. The van der Waals surface area contributed by atoms with Crippen LogP contribution in [0.25, 0.3) is 22.0 Å². The van der Waals surface area contributed by atoms with Crippen molar-refractivity contribution in [1.82, 2.24) is 9.88 Å². The van der Waals surface area contributed by atoms with E-state index >= 15 is 0 Å². The molecule has 4 rings (SSSR count). The Kier molecular flexibility index (Phi) is 11.4. The molecule has 1 aliphatic carbocycles. The predicted molar refractivity (Wildman–Crippen MR) is 161 cm³/mol. The maximum atomic E-state index is 12.7. The molecule has 0 atom stereocenters. The number of pyridine rings is 1. The Bertz CT molecular complexity index is 1360. The summed E-state index contributed by atoms with van der Waals surface area (Å²) in [5.41, 5.74) is 2.84. The molecule has 7 nitrogen and oxygen atoms in total. The lowest BCUT2D eigenvalue weighted by atomic mass is 9.89. The Hall–Kier alpha value is -1.97. The van der Waals surface area contributed by atoms with Gasteiger partial charge in [0, 0.05) is 29.9 Å². The van der Waals surface area contributed by atoms with Gasteiger partial charge in [0.2, 0.25) is 0 Å². The molecule has 1 fully saturated rings. The highest BCUT2D eigenvalue weighted by Gasteiger charge is 2.27. The van der Waals surface area contributed by atoms with Crippen LogP contribution in [-0.2, 0) is 9.84 Å². The molecule has 0 unspecified atom stereocenters. The average molecular weight is 605 g/mol. The van der Waals surface area contributed by atoms with E-state index in [2.05, 4.69) is 29.0 Å². The zero-order valence-corrected chi connectivity index (χ0v) is 25.2. The minimum Gasteiger partial charge on any atom is -0.503 e. The number of phenolic OH excluding ortho intramolecular Hbond substituents is 1. The van der Waals surface area contributed by atoms with Gasteiger partial charge in [0.05, 0.1) is 23.3 Å². The number of anilines is 1. The van der Waals surface area contributed by atoms with Crippen molar-refractivity contribution in [2.24, 2.45) is 0 Å². The summed E-state index contributed by atoms with van der Waals surface area (Å²) in [4.78, 5) is 7.14. The van der Waals surface area contributed by atoms with Gasteiger partial charge < -0.3 is 20.1 Å². The summed E-state index contributed by atoms with van der Waals surface area (Å²) < 4.78 is 30.7. The number of halogens is 3. The molecule has 2 N–H and O–H groups in total. The van der Waals surface area contributed by atoms with Gasteiger partial charge in [0.1, 0.15) is 4.90 Å². The third kappa shape index (κ3) is 6.77. The second-order valence-corrected chi connectivity index (χ2v) is 11.8. The molecule has 1 aromatic heterocycles. The van der Waals surface area contributed by atoms with Crippen molar-refractivity contribution in [3.8, 4) is 22.6 Å². The van der Waals surface area contributed by atoms with Crippen LogP contribution >= 0.6 is 36.4 Å². The van der Waals surface area contributed by atoms with E-state index in [1.807, 2.05) is 18.2 Å². The van der Waals surface area contributed by atoms with E-state index in [9.17, 15) is 13.5 Å². The highest BCUT2D eigenvalue weighted by Crippen LogP contribution is 2.40. The molecule has 0 radical (unpaired) electrons. The van der Waals surface area contributed by atoms with Crippen LogP contribution in [0.3, 0.4) is 0 Å². The number of nitrogens with zero attached hydrogens (tertiary/aromatic N) is 2. The molecular weight excluding hydrogens is 569 g/mol. The number of hydrogen-bond donors (Lipinski definition) is 2. The zero-order valence-electron chi connectivity index (χ0n) is 22.0. The van der Waals surface area contributed by atoms with Gasteiger partial charge in [-0.3, -0.25) is 4.98 Å². The maximum Gasteiger partial charge on any atom is 0.179 e. The highest BCUT2D eigenvalue weighted by atomic mass is 35.5. The molecule has 1 heterocycles. The third-order valence-electron chi connectivity index (χ3n) is 7.19. The topological polar surface area (TPSA) is 91.8 Å². The summed E-state index contributed by atoms with van der Waals surface area (Å²) in [6, 6.07) is 9.80. The highest BCUT2D eigenvalue weighted by molar-refractivity contribution is 7.90. The summed E-state index contributed by atoms with van der Waals surface area (Å²) >= 11 is 6.23. The van der Waals surface area contributed by atoms with Gasteiger partial charge in [0.25, 0.3) is 0 Å². The molecule has 1 aliphatic rings. The quantitative estimate of drug-likeness (QED) is 0.300. The third-order valence-corrected chi connectivity index (χ3v) is 8.58. The number of aromatic hydroxyl groups is 1. The van der Waals surface area contributed by atoms with E-state index < -0.39 is 9.84 Å². The first-order chi connectivity index (χ1) is 17.2. The molecule has 0 aliphatic heterocycles. The Labute approximate surface area is 242 Å². The van der Waals surface area contributed by atoms with Crippen LogP contribution < -0.4 is 10.1 Å². The van der Waals surface area contributed by atoms with Crippen molar-refractivity contribution in [2.45, 2.75) is 56.5 Å². The monoisotopic (exact) mass is 603 g/mol. The van der Waals surface area contributed by atoms with Gasteiger partial charge >= 0.3 is 0 Å². The van der Waals surface area contributed by atoms with E-state index in [1.54, 1.807) is 12.1 Å². The fraction of sp³-hybridized carbons (Fsp3) is 0.444. The first kappa shape index (κ1) is 32.2. The van der Waals surface area contributed by atoms with Crippen molar-refractivity contribution >= 4 is 62.8 Å². The second kappa shape index (κ2) is 13.4. The normalized spacial score (nSPS) is 17.5. The number of benzene rings is 2. The summed E-state index contributed by atoms with van der Waals surface area (Å²) in [5, 5.41) is 14.6. The number of sulfone groups is 1. The van der Waals surface area contributed by atoms with Crippen LogP contribution in [0.15, 0.2) is 41.4 Å². The number of rotatable bonds is 8. The second-order valence-electron chi connectivity index (χ2n) is 9.38. The molecular formula is C27H36Cl3N3O4S. The van der Waals surface area contributed by atoms with Gasteiger partial charge in [0.15, 0.2) is 21.3 Å². The lowest BCUT2D eigenvalue weighted by Gasteiger charge is -2.36. The van der Waals surface area contributed by atoms with E-state index in [0.717, 1.165) is 55.3 Å². The summed E-state index contributed by atoms with van der Waals surface area (Å²) in [6.07, 6.45) is 6.76. The lowest BCUT2D eigenvalue weighted by Crippen LogP contribution is -2.40. The van der Waals surface area contributed by atoms with E-state index in [4.69, 9.17) is 16.3 Å². The van der Waals surface area contributed by atoms with Crippen molar-refractivity contribution in [1.29, 1.82) is 0 Å². The summed E-state index contributed by atoms with van der Waals surface area (Å²) in [5.74, 6) is 0.149. The minimum absolute atomic E-state index is 0. The molecule has 0 saturated heterocycles. The molecule has 0 bridgehead atoms. The first-order valence-corrected chi connectivity index (χ1v) is 14.6. The number of ether oxygens (including phenoxy) is 1. The van der Waals surface area contributed by atoms with Crippen LogP contribution in [0.1, 0.15) is 39.5 Å². The minimum atomic E-state index is -3.52. The van der Waals surface area contributed by atoms with Crippen LogP contribution in [0.5, 0.6) is 11.5 Å². The number of hydrogen-bond acceptors (Lipinski definition) is 7. The average Bonchev–Trinajstić information content (AvgIpc) is 2.86. The lowest BCUT2D eigenvalue weighted by molar-refractivity contribution is 0.167. The number of phenols is 1. The van der Waals surface area contributed by atoms with Crippen molar-refractivity contribution in [3.05, 3.63) is 41.6 Å².